The number of hydrazone groups is 1. The minimum absolute atomic E-state index is 0.127. The zero-order chi connectivity index (χ0) is 21.8. The van der Waals surface area contributed by atoms with Crippen LogP contribution in [-0.2, 0) is 4.79 Å². The van der Waals surface area contributed by atoms with Crippen molar-refractivity contribution in [3.05, 3.63) is 93.5 Å². The Morgan fingerprint density at radius 1 is 1.10 bits per heavy atom. The highest BCUT2D eigenvalue weighted by molar-refractivity contribution is 9.10. The van der Waals surface area contributed by atoms with Gasteiger partial charge in [-0.25, -0.2) is 5.43 Å². The zero-order valence-corrected chi connectivity index (χ0v) is 19.8. The lowest BCUT2D eigenvalue weighted by Crippen LogP contribution is -2.26. The number of fused-ring (bicyclic) bond motifs is 1. The zero-order valence-electron chi connectivity index (χ0n) is 17.4. The van der Waals surface area contributed by atoms with E-state index in [1.165, 1.54) is 11.8 Å². The number of rotatable bonds is 5. The molecular weight excluding hydrogens is 472 g/mol. The van der Waals surface area contributed by atoms with E-state index in [0.717, 1.165) is 43.1 Å². The molecule has 1 aliphatic rings. The van der Waals surface area contributed by atoms with Crippen molar-refractivity contribution in [3.8, 4) is 5.75 Å². The highest BCUT2D eigenvalue weighted by Crippen LogP contribution is 2.35. The van der Waals surface area contributed by atoms with E-state index in [2.05, 4.69) is 38.6 Å². The van der Waals surface area contributed by atoms with Crippen molar-refractivity contribution >= 4 is 39.3 Å². The Balaban J connectivity index is 1.47. The first-order chi connectivity index (χ1) is 15.0. The summed E-state index contributed by atoms with van der Waals surface area (Å²) in [5.74, 6) is 0.961. The maximum atomic E-state index is 12.5. The number of halogens is 1. The van der Waals surface area contributed by atoms with Crippen molar-refractivity contribution in [2.45, 2.75) is 31.3 Å². The SMILES string of the molecule is Cc1cc(SCC(=O)NN=C2CC(c3ccccc3)Oc3ccccc32)c(C)cc1Br. The number of amides is 1. The Morgan fingerprint density at radius 3 is 2.65 bits per heavy atom. The van der Waals surface area contributed by atoms with E-state index in [0.29, 0.717) is 12.2 Å². The van der Waals surface area contributed by atoms with Crippen LogP contribution in [0.25, 0.3) is 0 Å². The smallest absolute Gasteiger partial charge is 0.250 e. The van der Waals surface area contributed by atoms with Gasteiger partial charge in [0.1, 0.15) is 11.9 Å². The number of nitrogens with zero attached hydrogens (tertiary/aromatic N) is 1. The molecule has 158 valence electrons. The number of benzene rings is 3. The molecule has 1 amide bonds. The second-order valence-electron chi connectivity index (χ2n) is 7.47. The predicted molar refractivity (Wildman–Crippen MR) is 130 cm³/mol. The molecule has 1 heterocycles. The lowest BCUT2D eigenvalue weighted by atomic mass is 9.96. The van der Waals surface area contributed by atoms with Crippen LogP contribution in [0.5, 0.6) is 5.75 Å². The van der Waals surface area contributed by atoms with E-state index in [-0.39, 0.29) is 12.0 Å². The molecule has 0 spiro atoms. The van der Waals surface area contributed by atoms with E-state index in [1.807, 2.05) is 68.4 Å². The fraction of sp³-hybridized carbons (Fsp3) is 0.200. The summed E-state index contributed by atoms with van der Waals surface area (Å²) in [5, 5.41) is 4.48. The number of nitrogens with one attached hydrogen (secondary N) is 1. The van der Waals surface area contributed by atoms with Crippen LogP contribution in [-0.4, -0.2) is 17.4 Å². The van der Waals surface area contributed by atoms with Gasteiger partial charge in [0.05, 0.1) is 11.5 Å². The molecular formula is C25H23BrN2O2S. The number of ether oxygens (including phenoxy) is 1. The van der Waals surface area contributed by atoms with E-state index < -0.39 is 0 Å². The first kappa shape index (κ1) is 21.7. The van der Waals surface area contributed by atoms with Crippen molar-refractivity contribution in [2.24, 2.45) is 5.10 Å². The molecule has 1 aliphatic heterocycles. The molecule has 1 atom stereocenters. The Morgan fingerprint density at radius 2 is 1.84 bits per heavy atom. The molecule has 31 heavy (non-hydrogen) atoms. The number of carbonyl (C=O) groups is 1. The van der Waals surface area contributed by atoms with E-state index >= 15 is 0 Å². The van der Waals surface area contributed by atoms with Gasteiger partial charge in [0.25, 0.3) is 0 Å². The fourth-order valence-electron chi connectivity index (χ4n) is 3.46. The number of hydrogen-bond donors (Lipinski definition) is 1. The quantitative estimate of drug-likeness (QED) is 0.339. The van der Waals surface area contributed by atoms with Crippen LogP contribution in [0.4, 0.5) is 0 Å². The van der Waals surface area contributed by atoms with Crippen molar-refractivity contribution in [2.75, 3.05) is 5.75 Å². The minimum Gasteiger partial charge on any atom is -0.485 e. The maximum absolute atomic E-state index is 12.5. The molecule has 4 rings (SSSR count). The maximum Gasteiger partial charge on any atom is 0.250 e. The van der Waals surface area contributed by atoms with Gasteiger partial charge in [-0.15, -0.1) is 11.8 Å². The molecule has 1 N–H and O–H groups in total. The van der Waals surface area contributed by atoms with Crippen molar-refractivity contribution in [1.29, 1.82) is 0 Å². The molecule has 0 bridgehead atoms. The number of carbonyl (C=O) groups excluding carboxylic acids is 1. The van der Waals surface area contributed by atoms with Gasteiger partial charge in [0.15, 0.2) is 0 Å². The summed E-state index contributed by atoms with van der Waals surface area (Å²) in [6.07, 6.45) is 0.467. The summed E-state index contributed by atoms with van der Waals surface area (Å²) in [4.78, 5) is 13.6. The minimum atomic E-state index is -0.130. The largest absolute Gasteiger partial charge is 0.485 e. The van der Waals surface area contributed by atoms with Gasteiger partial charge in [-0.05, 0) is 54.8 Å². The molecule has 0 aromatic heterocycles. The van der Waals surface area contributed by atoms with Gasteiger partial charge >= 0.3 is 0 Å². The lowest BCUT2D eigenvalue weighted by Gasteiger charge is -2.27. The molecule has 0 saturated heterocycles. The molecule has 6 heteroatoms. The lowest BCUT2D eigenvalue weighted by molar-refractivity contribution is -0.118. The number of para-hydroxylation sites is 1. The van der Waals surface area contributed by atoms with Crippen LogP contribution < -0.4 is 10.2 Å². The van der Waals surface area contributed by atoms with Crippen molar-refractivity contribution in [1.82, 2.24) is 5.43 Å². The molecule has 0 saturated carbocycles. The van der Waals surface area contributed by atoms with Crippen LogP contribution in [0.2, 0.25) is 0 Å². The van der Waals surface area contributed by atoms with Crippen LogP contribution in [0.1, 0.15) is 34.8 Å². The topological polar surface area (TPSA) is 50.7 Å². The molecule has 0 radical (unpaired) electrons. The molecule has 0 aliphatic carbocycles. The Labute approximate surface area is 195 Å². The fourth-order valence-corrected chi connectivity index (χ4v) is 4.82. The summed E-state index contributed by atoms with van der Waals surface area (Å²) >= 11 is 5.07. The second kappa shape index (κ2) is 9.71. The van der Waals surface area contributed by atoms with Gasteiger partial charge < -0.3 is 4.74 Å². The molecule has 4 nitrogen and oxygen atoms in total. The summed E-state index contributed by atoms with van der Waals surface area (Å²) in [6.45, 7) is 4.10. The Kier molecular flexibility index (Phi) is 6.78. The third-order valence-electron chi connectivity index (χ3n) is 5.15. The van der Waals surface area contributed by atoms with Crippen LogP contribution in [0.15, 0.2) is 81.2 Å². The summed E-state index contributed by atoms with van der Waals surface area (Å²) < 4.78 is 7.27. The standard InChI is InChI=1S/C25H23BrN2O2S/c1-16-13-24(17(2)12-20(16)26)31-15-25(29)28-27-21-14-23(18-8-4-3-5-9-18)30-22-11-7-6-10-19(21)22/h3-13,23H,14-15H2,1-2H3,(H,28,29). The van der Waals surface area contributed by atoms with Crippen LogP contribution in [0, 0.1) is 13.8 Å². The summed E-state index contributed by atoms with van der Waals surface area (Å²) in [5.41, 5.74) is 7.87. The summed E-state index contributed by atoms with van der Waals surface area (Å²) in [7, 11) is 0. The normalized spacial score (nSPS) is 16.5. The first-order valence-corrected chi connectivity index (χ1v) is 11.8. The van der Waals surface area contributed by atoms with Gasteiger partial charge in [-0.2, -0.15) is 5.10 Å². The Bertz CT molecular complexity index is 1130. The second-order valence-corrected chi connectivity index (χ2v) is 9.34. The van der Waals surface area contributed by atoms with Crippen molar-refractivity contribution in [3.63, 3.8) is 0 Å². The number of aryl methyl sites for hydroxylation is 2. The Hall–Kier alpha value is -2.57. The van der Waals surface area contributed by atoms with E-state index in [4.69, 9.17) is 4.74 Å². The molecule has 3 aromatic carbocycles. The van der Waals surface area contributed by atoms with E-state index in [1.54, 1.807) is 0 Å². The van der Waals surface area contributed by atoms with Gasteiger partial charge in [0, 0.05) is 21.4 Å². The highest BCUT2D eigenvalue weighted by Gasteiger charge is 2.26. The first-order valence-electron chi connectivity index (χ1n) is 10.1. The monoisotopic (exact) mass is 494 g/mol. The van der Waals surface area contributed by atoms with Gasteiger partial charge in [-0.1, -0.05) is 58.4 Å². The number of hydrogen-bond acceptors (Lipinski definition) is 4. The predicted octanol–water partition coefficient (Wildman–Crippen LogP) is 6.20. The van der Waals surface area contributed by atoms with E-state index in [9.17, 15) is 4.79 Å². The highest BCUT2D eigenvalue weighted by atomic mass is 79.9. The molecule has 0 fully saturated rings. The summed E-state index contributed by atoms with van der Waals surface area (Å²) in [6, 6.07) is 22.1. The third-order valence-corrected chi connectivity index (χ3v) is 7.16. The number of thioether (sulfide) groups is 1. The average molecular weight is 495 g/mol. The molecule has 1 unspecified atom stereocenters. The van der Waals surface area contributed by atoms with Crippen LogP contribution >= 0.6 is 27.7 Å². The van der Waals surface area contributed by atoms with Gasteiger partial charge in [0.2, 0.25) is 5.91 Å². The average Bonchev–Trinajstić information content (AvgIpc) is 2.79. The van der Waals surface area contributed by atoms with Crippen LogP contribution in [0.3, 0.4) is 0 Å². The molecule has 3 aromatic rings. The van der Waals surface area contributed by atoms with Crippen molar-refractivity contribution < 1.29 is 9.53 Å². The van der Waals surface area contributed by atoms with Gasteiger partial charge in [-0.3, -0.25) is 4.79 Å². The third kappa shape index (κ3) is 5.20.